The summed E-state index contributed by atoms with van der Waals surface area (Å²) in [6.07, 6.45) is -4.58. The number of alkyl halides is 3. The van der Waals surface area contributed by atoms with Gasteiger partial charge in [-0.25, -0.2) is 0 Å². The highest BCUT2D eigenvalue weighted by atomic mass is 19.4. The summed E-state index contributed by atoms with van der Waals surface area (Å²) in [5.41, 5.74) is -1.14. The second-order valence-electron chi connectivity index (χ2n) is 4.00. The number of benzene rings is 1. The average Bonchev–Trinajstić information content (AvgIpc) is 2.37. The Morgan fingerprint density at radius 3 is 2.60 bits per heavy atom. The first kappa shape index (κ1) is 15.8. The molecule has 20 heavy (non-hydrogen) atoms. The van der Waals surface area contributed by atoms with Gasteiger partial charge in [0.15, 0.2) is 0 Å². The van der Waals surface area contributed by atoms with Crippen molar-refractivity contribution in [3.05, 3.63) is 29.3 Å². The van der Waals surface area contributed by atoms with Gasteiger partial charge in [0.05, 0.1) is 23.8 Å². The van der Waals surface area contributed by atoms with Crippen LogP contribution >= 0.6 is 0 Å². The Bertz CT molecular complexity index is 535. The molecule has 0 spiro atoms. The number of ether oxygens (including phenoxy) is 1. The predicted octanol–water partition coefficient (Wildman–Crippen LogP) is 2.58. The van der Waals surface area contributed by atoms with Crippen LogP contribution in [0.1, 0.15) is 18.1 Å². The van der Waals surface area contributed by atoms with Crippen LogP contribution in [-0.2, 0) is 15.7 Å². The minimum atomic E-state index is -4.58. The monoisotopic (exact) mass is 286 g/mol. The minimum absolute atomic E-state index is 0.107. The molecule has 0 saturated carbocycles. The molecule has 0 aliphatic rings. The molecule has 0 saturated heterocycles. The van der Waals surface area contributed by atoms with Crippen molar-refractivity contribution < 1.29 is 22.7 Å². The van der Waals surface area contributed by atoms with Gasteiger partial charge < -0.3 is 9.64 Å². The van der Waals surface area contributed by atoms with E-state index >= 15 is 0 Å². The van der Waals surface area contributed by atoms with Crippen LogP contribution in [0.25, 0.3) is 0 Å². The first-order chi connectivity index (χ1) is 9.29. The minimum Gasteiger partial charge on any atom is -0.465 e. The van der Waals surface area contributed by atoms with Crippen LogP contribution in [0.5, 0.6) is 0 Å². The van der Waals surface area contributed by atoms with E-state index in [1.165, 1.54) is 24.1 Å². The maximum atomic E-state index is 12.6. The first-order valence-electron chi connectivity index (χ1n) is 5.77. The molecular weight excluding hydrogens is 273 g/mol. The van der Waals surface area contributed by atoms with Crippen molar-refractivity contribution in [2.75, 3.05) is 25.1 Å². The Balaban J connectivity index is 2.99. The van der Waals surface area contributed by atoms with Gasteiger partial charge in [-0.2, -0.15) is 18.4 Å². The summed E-state index contributed by atoms with van der Waals surface area (Å²) in [4.78, 5) is 12.7. The lowest BCUT2D eigenvalue weighted by atomic mass is 10.1. The lowest BCUT2D eigenvalue weighted by molar-refractivity contribution is -0.141. The molecule has 7 heteroatoms. The van der Waals surface area contributed by atoms with Crippen molar-refractivity contribution in [3.63, 3.8) is 0 Å². The van der Waals surface area contributed by atoms with Crippen LogP contribution in [0.4, 0.5) is 18.9 Å². The number of esters is 1. The molecule has 0 unspecified atom stereocenters. The highest BCUT2D eigenvalue weighted by Gasteiger charge is 2.33. The Hall–Kier alpha value is -2.23. The van der Waals surface area contributed by atoms with Gasteiger partial charge >= 0.3 is 12.1 Å². The fourth-order valence-electron chi connectivity index (χ4n) is 1.60. The van der Waals surface area contributed by atoms with Crippen LogP contribution in [0.2, 0.25) is 0 Å². The highest BCUT2D eigenvalue weighted by molar-refractivity contribution is 5.75. The molecule has 4 nitrogen and oxygen atoms in total. The summed E-state index contributed by atoms with van der Waals surface area (Å²) in [6.45, 7) is 1.77. The molecule has 0 aromatic heterocycles. The van der Waals surface area contributed by atoms with Gasteiger partial charge in [-0.05, 0) is 25.1 Å². The van der Waals surface area contributed by atoms with Gasteiger partial charge in [0.1, 0.15) is 6.54 Å². The van der Waals surface area contributed by atoms with Crippen molar-refractivity contribution in [2.24, 2.45) is 0 Å². The zero-order chi connectivity index (χ0) is 15.3. The topological polar surface area (TPSA) is 53.3 Å². The number of anilines is 1. The van der Waals surface area contributed by atoms with Crippen molar-refractivity contribution in [3.8, 4) is 6.07 Å². The number of hydrogen-bond acceptors (Lipinski definition) is 4. The molecule has 0 fully saturated rings. The third-order valence-corrected chi connectivity index (χ3v) is 2.54. The lowest BCUT2D eigenvalue weighted by Gasteiger charge is -2.19. The maximum absolute atomic E-state index is 12.6. The molecule has 0 heterocycles. The van der Waals surface area contributed by atoms with E-state index in [0.29, 0.717) is 5.69 Å². The van der Waals surface area contributed by atoms with E-state index < -0.39 is 23.3 Å². The molecular formula is C13H13F3N2O2. The van der Waals surface area contributed by atoms with Crippen molar-refractivity contribution >= 4 is 11.7 Å². The second kappa shape index (κ2) is 6.28. The fourth-order valence-corrected chi connectivity index (χ4v) is 1.60. The summed E-state index contributed by atoms with van der Waals surface area (Å²) in [7, 11) is 1.53. The molecule has 0 radical (unpaired) electrons. The number of nitriles is 1. The zero-order valence-electron chi connectivity index (χ0n) is 11.0. The molecule has 0 aliphatic carbocycles. The molecule has 0 atom stereocenters. The third-order valence-electron chi connectivity index (χ3n) is 2.54. The van der Waals surface area contributed by atoms with Crippen LogP contribution in [0.3, 0.4) is 0 Å². The summed E-state index contributed by atoms with van der Waals surface area (Å²) in [6, 6.07) is 4.65. The highest BCUT2D eigenvalue weighted by Crippen LogP contribution is 2.33. The van der Waals surface area contributed by atoms with E-state index in [0.717, 1.165) is 12.1 Å². The molecule has 0 bridgehead atoms. The van der Waals surface area contributed by atoms with Crippen molar-refractivity contribution in [1.29, 1.82) is 5.26 Å². The molecule has 108 valence electrons. The van der Waals surface area contributed by atoms with E-state index in [4.69, 9.17) is 10.00 Å². The summed E-state index contributed by atoms with van der Waals surface area (Å²) >= 11 is 0. The molecule has 1 rings (SSSR count). The number of hydrogen-bond donors (Lipinski definition) is 0. The van der Waals surface area contributed by atoms with Crippen LogP contribution in [0.15, 0.2) is 18.2 Å². The van der Waals surface area contributed by atoms with Crippen molar-refractivity contribution in [1.82, 2.24) is 0 Å². The van der Waals surface area contributed by atoms with Gasteiger partial charge in [-0.15, -0.1) is 0 Å². The molecule has 1 aromatic carbocycles. The Morgan fingerprint density at radius 2 is 2.10 bits per heavy atom. The average molecular weight is 286 g/mol. The Labute approximate surface area is 114 Å². The number of carbonyl (C=O) groups excluding carboxylic acids is 1. The second-order valence-corrected chi connectivity index (χ2v) is 4.00. The SMILES string of the molecule is CCOC(=O)CN(C)c1ccc(C(F)(F)F)c(C#N)c1. The number of rotatable bonds is 4. The summed E-state index contributed by atoms with van der Waals surface area (Å²) in [5, 5.41) is 8.79. The van der Waals surface area contributed by atoms with Gasteiger partial charge in [-0.3, -0.25) is 4.79 Å². The standard InChI is InChI=1S/C13H13F3N2O2/c1-3-20-12(19)8-18(2)10-4-5-11(13(14,15)16)9(6-10)7-17/h4-6H,3,8H2,1-2H3. The van der Waals surface area contributed by atoms with E-state index in [2.05, 4.69) is 0 Å². The Kier molecular flexibility index (Phi) is 4.97. The van der Waals surface area contributed by atoms with Gasteiger partial charge in [0.25, 0.3) is 0 Å². The summed E-state index contributed by atoms with van der Waals surface area (Å²) in [5.74, 6) is -0.492. The summed E-state index contributed by atoms with van der Waals surface area (Å²) < 4.78 is 42.7. The van der Waals surface area contributed by atoms with Gasteiger partial charge in [-0.1, -0.05) is 0 Å². The van der Waals surface area contributed by atoms with Crippen LogP contribution in [-0.4, -0.2) is 26.2 Å². The molecule has 0 N–H and O–H groups in total. The third kappa shape index (κ3) is 3.88. The lowest BCUT2D eigenvalue weighted by Crippen LogP contribution is -2.27. The number of halogens is 3. The largest absolute Gasteiger partial charge is 0.465 e. The van der Waals surface area contributed by atoms with E-state index in [1.807, 2.05) is 0 Å². The van der Waals surface area contributed by atoms with Crippen LogP contribution < -0.4 is 4.90 Å². The molecule has 0 amide bonds. The van der Waals surface area contributed by atoms with E-state index in [-0.39, 0.29) is 13.2 Å². The Morgan fingerprint density at radius 1 is 1.45 bits per heavy atom. The quantitative estimate of drug-likeness (QED) is 0.798. The number of nitrogens with zero attached hydrogens (tertiary/aromatic N) is 2. The smallest absolute Gasteiger partial charge is 0.417 e. The fraction of sp³-hybridized carbons (Fsp3) is 0.385. The first-order valence-corrected chi connectivity index (χ1v) is 5.77. The molecule has 1 aromatic rings. The number of likely N-dealkylation sites (N-methyl/N-ethyl adjacent to an activating group) is 1. The van der Waals surface area contributed by atoms with E-state index in [1.54, 1.807) is 6.92 Å². The maximum Gasteiger partial charge on any atom is 0.417 e. The van der Waals surface area contributed by atoms with E-state index in [9.17, 15) is 18.0 Å². The zero-order valence-corrected chi connectivity index (χ0v) is 11.0. The number of carbonyl (C=O) groups is 1. The van der Waals surface area contributed by atoms with Crippen LogP contribution in [0, 0.1) is 11.3 Å². The molecule has 0 aliphatic heterocycles. The van der Waals surface area contributed by atoms with Crippen molar-refractivity contribution in [2.45, 2.75) is 13.1 Å². The normalized spacial score (nSPS) is 10.8. The van der Waals surface area contributed by atoms with Gasteiger partial charge in [0.2, 0.25) is 0 Å². The predicted molar refractivity (Wildman–Crippen MR) is 66.1 cm³/mol. The van der Waals surface area contributed by atoms with Gasteiger partial charge in [0, 0.05) is 12.7 Å².